The molecule has 1 fully saturated rings. The molecule has 0 heterocycles. The van der Waals surface area contributed by atoms with Crippen molar-refractivity contribution in [1.29, 1.82) is 0 Å². The third-order valence-corrected chi connectivity index (χ3v) is 3.42. The number of hydrogen-bond donors (Lipinski definition) is 0. The molecule has 1 aliphatic carbocycles. The summed E-state index contributed by atoms with van der Waals surface area (Å²) in [6.07, 6.45) is 4.09. The highest BCUT2D eigenvalue weighted by Crippen LogP contribution is 2.29. The van der Waals surface area contributed by atoms with Crippen LogP contribution in [0.5, 0.6) is 5.75 Å². The predicted molar refractivity (Wildman–Crippen MR) is 76.1 cm³/mol. The Morgan fingerprint density at radius 2 is 2.11 bits per heavy atom. The summed E-state index contributed by atoms with van der Waals surface area (Å²) in [6, 6.07) is 8.30. The van der Waals surface area contributed by atoms with E-state index in [4.69, 9.17) is 4.74 Å². The molecule has 0 bridgehead atoms. The second kappa shape index (κ2) is 6.79. The lowest BCUT2D eigenvalue weighted by atomic mass is 10.2. The molecule has 2 heteroatoms. The Bertz CT molecular complexity index is 360. The first-order chi connectivity index (χ1) is 8.78. The summed E-state index contributed by atoms with van der Waals surface area (Å²) >= 11 is 0. The van der Waals surface area contributed by atoms with Gasteiger partial charge in [-0.2, -0.15) is 0 Å². The smallest absolute Gasteiger partial charge is 0.119 e. The molecule has 0 aliphatic heterocycles. The van der Waals surface area contributed by atoms with Crippen LogP contribution in [0.2, 0.25) is 0 Å². The molecule has 0 spiro atoms. The first-order valence-corrected chi connectivity index (χ1v) is 7.19. The normalized spacial score (nSPS) is 15.1. The van der Waals surface area contributed by atoms with Gasteiger partial charge in [-0.25, -0.2) is 0 Å². The van der Waals surface area contributed by atoms with Crippen LogP contribution >= 0.6 is 0 Å². The highest BCUT2D eigenvalue weighted by molar-refractivity contribution is 5.27. The van der Waals surface area contributed by atoms with Crippen LogP contribution in [-0.4, -0.2) is 31.1 Å². The third-order valence-electron chi connectivity index (χ3n) is 3.42. The molecule has 0 aromatic heterocycles. The zero-order valence-electron chi connectivity index (χ0n) is 11.7. The van der Waals surface area contributed by atoms with Crippen molar-refractivity contribution in [2.75, 3.05) is 26.2 Å². The van der Waals surface area contributed by atoms with Gasteiger partial charge in [0, 0.05) is 13.1 Å². The van der Waals surface area contributed by atoms with E-state index in [-0.39, 0.29) is 0 Å². The topological polar surface area (TPSA) is 12.5 Å². The van der Waals surface area contributed by atoms with Crippen molar-refractivity contribution in [3.05, 3.63) is 29.8 Å². The zero-order chi connectivity index (χ0) is 12.8. The van der Waals surface area contributed by atoms with Gasteiger partial charge in [-0.3, -0.25) is 4.90 Å². The van der Waals surface area contributed by atoms with Crippen molar-refractivity contribution in [3.8, 4) is 5.75 Å². The molecular formula is C16H25NO. The molecule has 100 valence electrons. The number of benzene rings is 1. The molecule has 1 aromatic rings. The SMILES string of the molecule is CCCN(CCOc1cccc(C)c1)CC1CC1. The number of nitrogens with zero attached hydrogens (tertiary/aromatic N) is 1. The van der Waals surface area contributed by atoms with E-state index >= 15 is 0 Å². The van der Waals surface area contributed by atoms with E-state index in [0.717, 1.165) is 24.8 Å². The van der Waals surface area contributed by atoms with Gasteiger partial charge < -0.3 is 4.74 Å². The van der Waals surface area contributed by atoms with E-state index in [1.165, 1.54) is 37.9 Å². The highest BCUT2D eigenvalue weighted by atomic mass is 16.5. The Morgan fingerprint density at radius 3 is 2.78 bits per heavy atom. The number of rotatable bonds is 8. The van der Waals surface area contributed by atoms with E-state index in [2.05, 4.69) is 36.9 Å². The maximum atomic E-state index is 5.82. The molecule has 0 radical (unpaired) electrons. The zero-order valence-corrected chi connectivity index (χ0v) is 11.7. The van der Waals surface area contributed by atoms with E-state index in [9.17, 15) is 0 Å². The molecule has 18 heavy (non-hydrogen) atoms. The molecule has 0 amide bonds. The largest absolute Gasteiger partial charge is 0.492 e. The second-order valence-corrected chi connectivity index (χ2v) is 5.41. The monoisotopic (exact) mass is 247 g/mol. The Kier molecular flexibility index (Phi) is 5.06. The van der Waals surface area contributed by atoms with Crippen molar-refractivity contribution < 1.29 is 4.74 Å². The Balaban J connectivity index is 1.71. The van der Waals surface area contributed by atoms with Crippen molar-refractivity contribution in [2.45, 2.75) is 33.1 Å². The summed E-state index contributed by atoms with van der Waals surface area (Å²) in [5.41, 5.74) is 1.26. The summed E-state index contributed by atoms with van der Waals surface area (Å²) in [5, 5.41) is 0. The van der Waals surface area contributed by atoms with Crippen LogP contribution in [0.3, 0.4) is 0 Å². The molecular weight excluding hydrogens is 222 g/mol. The number of ether oxygens (including phenoxy) is 1. The van der Waals surface area contributed by atoms with Gasteiger partial charge in [0.25, 0.3) is 0 Å². The van der Waals surface area contributed by atoms with Gasteiger partial charge in [0.1, 0.15) is 12.4 Å². The van der Waals surface area contributed by atoms with E-state index in [0.29, 0.717) is 0 Å². The molecule has 1 aromatic carbocycles. The van der Waals surface area contributed by atoms with Gasteiger partial charge in [0.2, 0.25) is 0 Å². The average Bonchev–Trinajstić information content (AvgIpc) is 3.13. The van der Waals surface area contributed by atoms with E-state index in [1.807, 2.05) is 6.07 Å². The fourth-order valence-corrected chi connectivity index (χ4v) is 2.27. The predicted octanol–water partition coefficient (Wildman–Crippen LogP) is 3.50. The molecule has 0 N–H and O–H groups in total. The second-order valence-electron chi connectivity index (χ2n) is 5.41. The Labute approximate surface area is 111 Å². The molecule has 1 aliphatic rings. The number of hydrogen-bond acceptors (Lipinski definition) is 2. The van der Waals surface area contributed by atoms with Crippen LogP contribution in [0.15, 0.2) is 24.3 Å². The standard InChI is InChI=1S/C16H25NO/c1-3-9-17(13-15-7-8-15)10-11-18-16-6-4-5-14(2)12-16/h4-6,12,15H,3,7-11,13H2,1-2H3. The fourth-order valence-electron chi connectivity index (χ4n) is 2.27. The van der Waals surface area contributed by atoms with Gasteiger partial charge in [-0.1, -0.05) is 19.1 Å². The Hall–Kier alpha value is -1.02. The summed E-state index contributed by atoms with van der Waals surface area (Å²) in [6.45, 7) is 8.68. The molecule has 0 unspecified atom stereocenters. The fraction of sp³-hybridized carbons (Fsp3) is 0.625. The third kappa shape index (κ3) is 4.69. The van der Waals surface area contributed by atoms with E-state index < -0.39 is 0 Å². The lowest BCUT2D eigenvalue weighted by molar-refractivity contribution is 0.203. The number of aryl methyl sites for hydroxylation is 1. The minimum atomic E-state index is 0.802. The minimum Gasteiger partial charge on any atom is -0.492 e. The van der Waals surface area contributed by atoms with Gasteiger partial charge in [0.05, 0.1) is 0 Å². The first kappa shape index (κ1) is 13.4. The summed E-state index contributed by atoms with van der Waals surface area (Å²) in [4.78, 5) is 2.55. The van der Waals surface area contributed by atoms with Crippen LogP contribution in [-0.2, 0) is 0 Å². The van der Waals surface area contributed by atoms with Crippen molar-refractivity contribution in [1.82, 2.24) is 4.90 Å². The molecule has 2 nitrogen and oxygen atoms in total. The van der Waals surface area contributed by atoms with Crippen molar-refractivity contribution in [3.63, 3.8) is 0 Å². The maximum absolute atomic E-state index is 5.82. The van der Waals surface area contributed by atoms with Crippen molar-refractivity contribution >= 4 is 0 Å². The van der Waals surface area contributed by atoms with Gasteiger partial charge in [-0.15, -0.1) is 0 Å². The lowest BCUT2D eigenvalue weighted by Gasteiger charge is -2.21. The van der Waals surface area contributed by atoms with E-state index in [1.54, 1.807) is 0 Å². The van der Waals surface area contributed by atoms with Crippen LogP contribution < -0.4 is 4.74 Å². The molecule has 2 rings (SSSR count). The van der Waals surface area contributed by atoms with Gasteiger partial charge in [-0.05, 0) is 56.3 Å². The average molecular weight is 247 g/mol. The summed E-state index contributed by atoms with van der Waals surface area (Å²) in [5.74, 6) is 1.97. The molecule has 0 saturated heterocycles. The highest BCUT2D eigenvalue weighted by Gasteiger charge is 2.23. The van der Waals surface area contributed by atoms with Crippen LogP contribution in [0, 0.1) is 12.8 Å². The summed E-state index contributed by atoms with van der Waals surface area (Å²) < 4.78 is 5.82. The van der Waals surface area contributed by atoms with Crippen LogP contribution in [0.1, 0.15) is 31.7 Å². The van der Waals surface area contributed by atoms with Crippen LogP contribution in [0.25, 0.3) is 0 Å². The van der Waals surface area contributed by atoms with Crippen LogP contribution in [0.4, 0.5) is 0 Å². The maximum Gasteiger partial charge on any atom is 0.119 e. The minimum absolute atomic E-state index is 0.802. The first-order valence-electron chi connectivity index (χ1n) is 7.19. The quantitative estimate of drug-likeness (QED) is 0.697. The summed E-state index contributed by atoms with van der Waals surface area (Å²) in [7, 11) is 0. The molecule has 0 atom stereocenters. The molecule has 1 saturated carbocycles. The van der Waals surface area contributed by atoms with Crippen molar-refractivity contribution in [2.24, 2.45) is 5.92 Å². The van der Waals surface area contributed by atoms with Gasteiger partial charge >= 0.3 is 0 Å². The Morgan fingerprint density at radius 1 is 1.28 bits per heavy atom. The van der Waals surface area contributed by atoms with Gasteiger partial charge in [0.15, 0.2) is 0 Å². The lowest BCUT2D eigenvalue weighted by Crippen LogP contribution is -2.31.